The van der Waals surface area contributed by atoms with E-state index in [1.807, 2.05) is 13.8 Å². The predicted molar refractivity (Wildman–Crippen MR) is 121 cm³/mol. The lowest BCUT2D eigenvalue weighted by Crippen LogP contribution is -2.07. The summed E-state index contributed by atoms with van der Waals surface area (Å²) in [7, 11) is 1.22. The van der Waals surface area contributed by atoms with Gasteiger partial charge in [0, 0.05) is 11.6 Å². The van der Waals surface area contributed by atoms with Crippen LogP contribution in [0.3, 0.4) is 0 Å². The fourth-order valence-electron chi connectivity index (χ4n) is 2.56. The number of carbonyl (C=O) groups excluding carboxylic acids is 2. The van der Waals surface area contributed by atoms with E-state index >= 15 is 0 Å². The molecule has 0 radical (unpaired) electrons. The Hall–Kier alpha value is -3.50. The van der Waals surface area contributed by atoms with Gasteiger partial charge in [-0.3, -0.25) is 4.79 Å². The van der Waals surface area contributed by atoms with Gasteiger partial charge in [0.25, 0.3) is 0 Å². The number of carbonyl (C=O) groups is 2. The second-order valence-corrected chi connectivity index (χ2v) is 7.17. The van der Waals surface area contributed by atoms with Gasteiger partial charge in [0.2, 0.25) is 0 Å². The van der Waals surface area contributed by atoms with E-state index in [4.69, 9.17) is 9.47 Å². The molecule has 0 bridgehead atoms. The van der Waals surface area contributed by atoms with Crippen molar-refractivity contribution >= 4 is 18.3 Å². The topological polar surface area (TPSA) is 61.8 Å². The van der Waals surface area contributed by atoms with E-state index in [2.05, 4.69) is 4.74 Å². The van der Waals surface area contributed by atoms with Gasteiger partial charge in [-0.1, -0.05) is 19.9 Å². The van der Waals surface area contributed by atoms with Gasteiger partial charge < -0.3 is 14.2 Å². The summed E-state index contributed by atoms with van der Waals surface area (Å²) in [5.74, 6) is -0.528. The van der Waals surface area contributed by atoms with Crippen molar-refractivity contribution in [3.63, 3.8) is 0 Å². The maximum absolute atomic E-state index is 12.6. The third kappa shape index (κ3) is 10.0. The lowest BCUT2D eigenvalue weighted by Gasteiger charge is -2.12. The van der Waals surface area contributed by atoms with Gasteiger partial charge in [0.1, 0.15) is 11.5 Å². The summed E-state index contributed by atoms with van der Waals surface area (Å²) >= 11 is 0. The van der Waals surface area contributed by atoms with Crippen molar-refractivity contribution < 1.29 is 50.1 Å². The predicted octanol–water partition coefficient (Wildman–Crippen LogP) is 6.99. The number of benzene rings is 2. The Bertz CT molecular complexity index is 1030. The van der Waals surface area contributed by atoms with Crippen molar-refractivity contribution in [1.82, 2.24) is 0 Å². The molecule has 0 atom stereocenters. The summed E-state index contributed by atoms with van der Waals surface area (Å²) in [6.07, 6.45) is -4.57. The van der Waals surface area contributed by atoms with Crippen molar-refractivity contribution in [3.8, 4) is 11.5 Å². The van der Waals surface area contributed by atoms with E-state index in [1.165, 1.54) is 19.3 Å². The molecule has 0 spiro atoms. The molecule has 2 rings (SSSR count). The second kappa shape index (κ2) is 14.2. The van der Waals surface area contributed by atoms with Crippen molar-refractivity contribution in [2.45, 2.75) is 39.0 Å². The molecule has 36 heavy (non-hydrogen) atoms. The Morgan fingerprint density at radius 1 is 0.806 bits per heavy atom. The zero-order valence-electron chi connectivity index (χ0n) is 19.8. The molecule has 2 aromatic rings. The zero-order chi connectivity index (χ0) is 27.4. The van der Waals surface area contributed by atoms with Crippen molar-refractivity contribution in [2.24, 2.45) is 0 Å². The smallest absolute Gasteiger partial charge is 0.416 e. The van der Waals surface area contributed by atoms with Gasteiger partial charge in [-0.15, -0.1) is 0 Å². The molecule has 0 heterocycles. The number of hydrogen-bond donors (Lipinski definition) is 0. The minimum Gasteiger partial charge on any atom is -0.493 e. The molecular weight excluding hydrogens is 494 g/mol. The molecule has 0 unspecified atom stereocenters. The SMILES string of the molecule is CCCOc1cc(C(F)(F)F)ccc1C=CC(=O)OC.CCCOc1cc(C(F)(F)F)ccc1C=O. The van der Waals surface area contributed by atoms with Gasteiger partial charge in [-0.2, -0.15) is 26.3 Å². The average Bonchev–Trinajstić information content (AvgIpc) is 2.83. The Labute approximate surface area is 204 Å². The van der Waals surface area contributed by atoms with Gasteiger partial charge in [-0.25, -0.2) is 4.79 Å². The first-order chi connectivity index (χ1) is 16.9. The summed E-state index contributed by atoms with van der Waals surface area (Å²) in [5.41, 5.74) is -1.10. The lowest BCUT2D eigenvalue weighted by atomic mass is 10.1. The first-order valence-corrected chi connectivity index (χ1v) is 10.8. The highest BCUT2D eigenvalue weighted by molar-refractivity contribution is 5.87. The second-order valence-electron chi connectivity index (χ2n) is 7.17. The monoisotopic (exact) mass is 520 g/mol. The minimum atomic E-state index is -4.44. The summed E-state index contributed by atoms with van der Waals surface area (Å²) in [6, 6.07) is 5.94. The molecule has 11 heteroatoms. The number of ether oxygens (including phenoxy) is 3. The Morgan fingerprint density at radius 2 is 1.25 bits per heavy atom. The van der Waals surface area contributed by atoms with Crippen LogP contribution in [0.25, 0.3) is 6.08 Å². The highest BCUT2D eigenvalue weighted by Crippen LogP contribution is 2.34. The third-order valence-electron chi connectivity index (χ3n) is 4.33. The Morgan fingerprint density at radius 3 is 1.64 bits per heavy atom. The van der Waals surface area contributed by atoms with Crippen LogP contribution in [0.5, 0.6) is 11.5 Å². The molecule has 0 saturated carbocycles. The van der Waals surface area contributed by atoms with Crippen LogP contribution in [0.1, 0.15) is 53.7 Å². The van der Waals surface area contributed by atoms with Gasteiger partial charge in [0.05, 0.1) is 37.0 Å². The normalized spacial score (nSPS) is 11.5. The van der Waals surface area contributed by atoms with Crippen molar-refractivity contribution in [2.75, 3.05) is 20.3 Å². The van der Waals surface area contributed by atoms with Crippen LogP contribution < -0.4 is 9.47 Å². The minimum absolute atomic E-state index is 0.0216. The summed E-state index contributed by atoms with van der Waals surface area (Å²) in [5, 5.41) is 0. The van der Waals surface area contributed by atoms with E-state index in [9.17, 15) is 35.9 Å². The molecular formula is C25H26F6O5. The quantitative estimate of drug-likeness (QED) is 0.154. The van der Waals surface area contributed by atoms with Gasteiger partial charge >= 0.3 is 18.3 Å². The van der Waals surface area contributed by atoms with Crippen LogP contribution in [0.2, 0.25) is 0 Å². The fourth-order valence-corrected chi connectivity index (χ4v) is 2.56. The van der Waals surface area contributed by atoms with Gasteiger partial charge in [-0.05, 0) is 49.2 Å². The highest BCUT2D eigenvalue weighted by Gasteiger charge is 2.32. The molecule has 0 amide bonds. The first-order valence-electron chi connectivity index (χ1n) is 10.8. The van der Waals surface area contributed by atoms with Crippen molar-refractivity contribution in [3.05, 3.63) is 64.7 Å². The molecule has 0 aliphatic carbocycles. The number of hydrogen-bond acceptors (Lipinski definition) is 5. The first kappa shape index (κ1) is 30.5. The van der Waals surface area contributed by atoms with Crippen LogP contribution >= 0.6 is 0 Å². The summed E-state index contributed by atoms with van der Waals surface area (Å²) < 4.78 is 89.9. The van der Waals surface area contributed by atoms with Crippen LogP contribution in [0.15, 0.2) is 42.5 Å². The number of methoxy groups -OCH3 is 1. The van der Waals surface area contributed by atoms with Gasteiger partial charge in [0.15, 0.2) is 6.29 Å². The molecule has 0 N–H and O–H groups in total. The number of alkyl halides is 6. The fraction of sp³-hybridized carbons (Fsp3) is 0.360. The zero-order valence-corrected chi connectivity index (χ0v) is 19.8. The molecule has 5 nitrogen and oxygen atoms in total. The Kier molecular flexibility index (Phi) is 12.0. The molecule has 198 valence electrons. The van der Waals surface area contributed by atoms with Crippen LogP contribution in [0.4, 0.5) is 26.3 Å². The molecule has 0 aliphatic rings. The molecule has 0 aliphatic heterocycles. The molecule has 0 aromatic heterocycles. The molecule has 0 saturated heterocycles. The summed E-state index contributed by atoms with van der Waals surface area (Å²) in [6.45, 7) is 4.24. The van der Waals surface area contributed by atoms with Crippen LogP contribution in [-0.4, -0.2) is 32.6 Å². The van der Waals surface area contributed by atoms with E-state index < -0.39 is 29.4 Å². The third-order valence-corrected chi connectivity index (χ3v) is 4.33. The summed E-state index contributed by atoms with van der Waals surface area (Å²) in [4.78, 5) is 21.6. The highest BCUT2D eigenvalue weighted by atomic mass is 19.4. The Balaban J connectivity index is 0.000000369. The van der Waals surface area contributed by atoms with E-state index in [-0.39, 0.29) is 23.7 Å². The van der Waals surface area contributed by atoms with E-state index in [0.717, 1.165) is 36.4 Å². The van der Waals surface area contributed by atoms with E-state index in [1.54, 1.807) is 0 Å². The van der Waals surface area contributed by atoms with Crippen LogP contribution in [0, 0.1) is 0 Å². The number of rotatable bonds is 9. The number of halogens is 6. The number of esters is 1. The average molecular weight is 520 g/mol. The standard InChI is InChI=1S/C14H15F3O3.C11H11F3O2/c1-3-8-20-12-9-11(14(15,16)17)6-4-10(12)5-7-13(18)19-2;1-2-5-16-10-6-9(11(12,13)14)4-3-8(10)7-15/h4-7,9H,3,8H2,1-2H3;3-4,6-7H,2,5H2,1H3. The maximum atomic E-state index is 12.6. The maximum Gasteiger partial charge on any atom is 0.416 e. The molecule has 2 aromatic carbocycles. The van der Waals surface area contributed by atoms with Crippen LogP contribution in [-0.2, 0) is 21.9 Å². The van der Waals surface area contributed by atoms with E-state index in [0.29, 0.717) is 31.3 Å². The molecule has 0 fully saturated rings. The largest absolute Gasteiger partial charge is 0.493 e. The van der Waals surface area contributed by atoms with Crippen molar-refractivity contribution in [1.29, 1.82) is 0 Å². The number of aldehydes is 1. The lowest BCUT2D eigenvalue weighted by molar-refractivity contribution is -0.138.